The zero-order valence-electron chi connectivity index (χ0n) is 15.7. The summed E-state index contributed by atoms with van der Waals surface area (Å²) in [4.78, 5) is 27.7. The van der Waals surface area contributed by atoms with Gasteiger partial charge in [0.05, 0.1) is 5.56 Å². The van der Waals surface area contributed by atoms with Crippen molar-refractivity contribution in [3.8, 4) is 0 Å². The van der Waals surface area contributed by atoms with Crippen LogP contribution in [0.15, 0.2) is 36.5 Å². The summed E-state index contributed by atoms with van der Waals surface area (Å²) in [5, 5.41) is 19.9. The summed E-state index contributed by atoms with van der Waals surface area (Å²) in [5.41, 5.74) is 2.71. The predicted octanol–water partition coefficient (Wildman–Crippen LogP) is 2.20. The van der Waals surface area contributed by atoms with Gasteiger partial charge in [0.25, 0.3) is 0 Å². The highest BCUT2D eigenvalue weighted by Crippen LogP contribution is 2.31. The number of benzene rings is 1. The summed E-state index contributed by atoms with van der Waals surface area (Å²) in [5.74, 6) is -1.94. The summed E-state index contributed by atoms with van der Waals surface area (Å²) in [6.45, 7) is 9.58. The molecule has 1 fully saturated rings. The minimum absolute atomic E-state index is 0.158. The Morgan fingerprint density at radius 3 is 2.41 bits per heavy atom. The lowest BCUT2D eigenvalue weighted by atomic mass is 10.0. The lowest BCUT2D eigenvalue weighted by Crippen LogP contribution is -2.49. The molecule has 2 heterocycles. The van der Waals surface area contributed by atoms with E-state index >= 15 is 0 Å². The molecule has 3 rings (SSSR count). The Balaban J connectivity index is 1.94. The van der Waals surface area contributed by atoms with E-state index in [2.05, 4.69) is 11.5 Å². The largest absolute Gasteiger partial charge is 0.480 e. The number of hydrogen-bond acceptors (Lipinski definition) is 4. The molecule has 2 N–H and O–H groups in total. The number of piperazine rings is 1. The predicted molar refractivity (Wildman–Crippen MR) is 103 cm³/mol. The van der Waals surface area contributed by atoms with Gasteiger partial charge in [-0.1, -0.05) is 12.2 Å². The molecule has 1 aromatic carbocycles. The van der Waals surface area contributed by atoms with Gasteiger partial charge in [-0.3, -0.25) is 14.6 Å². The van der Waals surface area contributed by atoms with Crippen molar-refractivity contribution in [2.45, 2.75) is 13.0 Å². The fourth-order valence-corrected chi connectivity index (χ4v) is 3.82. The average molecular weight is 371 g/mol. The molecule has 0 saturated carbocycles. The van der Waals surface area contributed by atoms with Crippen molar-refractivity contribution in [1.82, 2.24) is 14.4 Å². The SMILES string of the molecule is C=C(C)CN1CCN([C@@H](C(=O)O)c2cn(C)c3ccc(C(=O)O)cc23)CC1. The molecule has 0 unspecified atom stereocenters. The second-order valence-electron chi connectivity index (χ2n) is 7.24. The zero-order valence-corrected chi connectivity index (χ0v) is 15.7. The fourth-order valence-electron chi connectivity index (χ4n) is 3.82. The molecule has 27 heavy (non-hydrogen) atoms. The molecule has 0 amide bonds. The van der Waals surface area contributed by atoms with E-state index in [4.69, 9.17) is 0 Å². The molecule has 1 atom stereocenters. The van der Waals surface area contributed by atoms with Crippen molar-refractivity contribution in [3.63, 3.8) is 0 Å². The molecule has 0 aliphatic carbocycles. The number of aliphatic carboxylic acids is 1. The van der Waals surface area contributed by atoms with E-state index < -0.39 is 18.0 Å². The van der Waals surface area contributed by atoms with Crippen LogP contribution in [0.25, 0.3) is 10.9 Å². The van der Waals surface area contributed by atoms with Crippen molar-refractivity contribution < 1.29 is 19.8 Å². The molecule has 7 nitrogen and oxygen atoms in total. The average Bonchev–Trinajstić information content (AvgIpc) is 2.92. The molecule has 1 aliphatic rings. The van der Waals surface area contributed by atoms with Gasteiger partial charge >= 0.3 is 11.9 Å². The van der Waals surface area contributed by atoms with Gasteiger partial charge in [-0.15, -0.1) is 0 Å². The third kappa shape index (κ3) is 3.89. The number of fused-ring (bicyclic) bond motifs is 1. The second kappa shape index (κ2) is 7.54. The summed E-state index contributed by atoms with van der Waals surface area (Å²) >= 11 is 0. The number of carbonyl (C=O) groups is 2. The highest BCUT2D eigenvalue weighted by atomic mass is 16.4. The van der Waals surface area contributed by atoms with E-state index in [1.54, 1.807) is 24.4 Å². The topological polar surface area (TPSA) is 86.0 Å². The molecular formula is C20H25N3O4. The van der Waals surface area contributed by atoms with Crippen LogP contribution in [0.5, 0.6) is 0 Å². The monoisotopic (exact) mass is 371 g/mol. The normalized spacial score (nSPS) is 17.1. The number of nitrogens with zero attached hydrogens (tertiary/aromatic N) is 3. The van der Waals surface area contributed by atoms with Crippen molar-refractivity contribution in [3.05, 3.63) is 47.7 Å². The lowest BCUT2D eigenvalue weighted by molar-refractivity contribution is -0.144. The molecule has 7 heteroatoms. The first-order valence-electron chi connectivity index (χ1n) is 8.93. The number of hydrogen-bond donors (Lipinski definition) is 2. The Labute approximate surface area is 158 Å². The Morgan fingerprint density at radius 1 is 1.19 bits per heavy atom. The number of aromatic nitrogens is 1. The van der Waals surface area contributed by atoms with Gasteiger partial charge in [0.1, 0.15) is 6.04 Å². The van der Waals surface area contributed by atoms with Gasteiger partial charge < -0.3 is 14.8 Å². The lowest BCUT2D eigenvalue weighted by Gasteiger charge is -2.37. The van der Waals surface area contributed by atoms with Gasteiger partial charge in [-0.2, -0.15) is 0 Å². The van der Waals surface area contributed by atoms with E-state index in [0.29, 0.717) is 24.0 Å². The Hall–Kier alpha value is -2.64. The maximum absolute atomic E-state index is 12.1. The van der Waals surface area contributed by atoms with Gasteiger partial charge in [0, 0.05) is 62.4 Å². The first kappa shape index (κ1) is 19.1. The summed E-state index contributed by atoms with van der Waals surface area (Å²) in [6, 6.07) is 4.04. The van der Waals surface area contributed by atoms with Gasteiger partial charge in [-0.25, -0.2) is 4.79 Å². The highest BCUT2D eigenvalue weighted by molar-refractivity contribution is 5.96. The zero-order chi connectivity index (χ0) is 19.7. The van der Waals surface area contributed by atoms with Crippen molar-refractivity contribution in [1.29, 1.82) is 0 Å². The Bertz CT molecular complexity index is 894. The quantitative estimate of drug-likeness (QED) is 0.757. The summed E-state index contributed by atoms with van der Waals surface area (Å²) in [6.07, 6.45) is 1.80. The molecule has 0 radical (unpaired) electrons. The maximum Gasteiger partial charge on any atom is 0.335 e. The van der Waals surface area contributed by atoms with E-state index in [0.717, 1.165) is 30.7 Å². The van der Waals surface area contributed by atoms with E-state index in [1.807, 2.05) is 23.4 Å². The van der Waals surface area contributed by atoms with Crippen molar-refractivity contribution >= 4 is 22.8 Å². The first-order valence-corrected chi connectivity index (χ1v) is 8.93. The van der Waals surface area contributed by atoms with Crippen LogP contribution in [0.1, 0.15) is 28.9 Å². The van der Waals surface area contributed by atoms with E-state index in [9.17, 15) is 19.8 Å². The number of rotatable bonds is 6. The summed E-state index contributed by atoms with van der Waals surface area (Å²) in [7, 11) is 1.84. The fraction of sp³-hybridized carbons (Fsp3) is 0.400. The van der Waals surface area contributed by atoms with Gasteiger partial charge in [-0.05, 0) is 25.1 Å². The minimum Gasteiger partial charge on any atom is -0.480 e. The molecule has 1 aliphatic heterocycles. The van der Waals surface area contributed by atoms with Crippen molar-refractivity contribution in [2.75, 3.05) is 32.7 Å². The van der Waals surface area contributed by atoms with Crippen LogP contribution in [-0.4, -0.2) is 69.2 Å². The second-order valence-corrected chi connectivity index (χ2v) is 7.24. The van der Waals surface area contributed by atoms with Gasteiger partial charge in [0.15, 0.2) is 0 Å². The van der Waals surface area contributed by atoms with Crippen LogP contribution >= 0.6 is 0 Å². The Morgan fingerprint density at radius 2 is 1.85 bits per heavy atom. The van der Waals surface area contributed by atoms with Gasteiger partial charge in [0.2, 0.25) is 0 Å². The van der Waals surface area contributed by atoms with E-state index in [1.165, 1.54) is 0 Å². The molecule has 2 aromatic rings. The maximum atomic E-state index is 12.1. The van der Waals surface area contributed by atoms with Crippen LogP contribution in [0.3, 0.4) is 0 Å². The molecule has 0 bridgehead atoms. The molecule has 0 spiro atoms. The van der Waals surface area contributed by atoms with Crippen LogP contribution in [0.4, 0.5) is 0 Å². The number of carboxylic acids is 2. The van der Waals surface area contributed by atoms with Crippen molar-refractivity contribution in [2.24, 2.45) is 7.05 Å². The highest BCUT2D eigenvalue weighted by Gasteiger charge is 2.32. The molecule has 1 saturated heterocycles. The third-order valence-electron chi connectivity index (χ3n) is 5.06. The first-order chi connectivity index (χ1) is 12.8. The summed E-state index contributed by atoms with van der Waals surface area (Å²) < 4.78 is 1.85. The minimum atomic E-state index is -1.02. The molecular weight excluding hydrogens is 346 g/mol. The third-order valence-corrected chi connectivity index (χ3v) is 5.06. The number of carboxylic acid groups (broad SMARTS) is 2. The van der Waals surface area contributed by atoms with Crippen LogP contribution in [0.2, 0.25) is 0 Å². The Kier molecular flexibility index (Phi) is 5.34. The van der Waals surface area contributed by atoms with Crippen LogP contribution < -0.4 is 0 Å². The molecule has 144 valence electrons. The van der Waals surface area contributed by atoms with Crippen LogP contribution in [-0.2, 0) is 11.8 Å². The standard InChI is InChI=1S/C20H25N3O4/c1-13(2)11-22-6-8-23(9-7-22)18(20(26)27)16-12-21(3)17-5-4-14(19(24)25)10-15(16)17/h4-5,10,12,18H,1,6-9,11H2,2-3H3,(H,24,25)(H,26,27)/t18-/m1/s1. The molecule has 1 aromatic heterocycles. The number of aromatic carboxylic acids is 1. The number of aryl methyl sites for hydroxylation is 1. The van der Waals surface area contributed by atoms with E-state index in [-0.39, 0.29) is 5.56 Å². The van der Waals surface area contributed by atoms with Crippen LogP contribution in [0, 0.1) is 0 Å². The smallest absolute Gasteiger partial charge is 0.335 e.